The van der Waals surface area contributed by atoms with Crippen molar-refractivity contribution in [2.24, 2.45) is 16.7 Å². The molecule has 1 unspecified atom stereocenters. The van der Waals surface area contributed by atoms with E-state index in [-0.39, 0.29) is 29.2 Å². The summed E-state index contributed by atoms with van der Waals surface area (Å²) in [6.45, 7) is 10.8. The van der Waals surface area contributed by atoms with Crippen LogP contribution >= 0.6 is 0 Å². The maximum atomic E-state index is 13.5. The Labute approximate surface area is 121 Å². The molecule has 1 aromatic carbocycles. The summed E-state index contributed by atoms with van der Waals surface area (Å²) >= 11 is 0. The van der Waals surface area contributed by atoms with Gasteiger partial charge in [-0.15, -0.1) is 0 Å². The van der Waals surface area contributed by atoms with Gasteiger partial charge in [0.25, 0.3) is 0 Å². The van der Waals surface area contributed by atoms with Crippen LogP contribution in [0.4, 0.5) is 4.39 Å². The summed E-state index contributed by atoms with van der Waals surface area (Å²) in [4.78, 5) is 0. The Hall–Kier alpha value is -1.15. The number of rotatable bonds is 2. The van der Waals surface area contributed by atoms with Crippen molar-refractivity contribution in [1.29, 1.82) is 0 Å². The van der Waals surface area contributed by atoms with Gasteiger partial charge in [-0.3, -0.25) is 0 Å². The highest BCUT2D eigenvalue weighted by Gasteiger charge is 2.41. The predicted molar refractivity (Wildman–Crippen MR) is 81.9 cm³/mol. The molecule has 0 fully saturated rings. The minimum atomic E-state index is -0.177. The zero-order chi connectivity index (χ0) is 15.1. The van der Waals surface area contributed by atoms with Crippen LogP contribution in [-0.4, -0.2) is 11.7 Å². The lowest BCUT2D eigenvalue weighted by molar-refractivity contribution is 0.109. The summed E-state index contributed by atoms with van der Waals surface area (Å²) in [6.07, 6.45) is 3.29. The number of allylic oxidation sites excluding steroid dienone is 1. The van der Waals surface area contributed by atoms with E-state index in [1.54, 1.807) is 6.92 Å². The molecular formula is C18H25FO. The fourth-order valence-electron chi connectivity index (χ4n) is 3.75. The second-order valence-corrected chi connectivity index (χ2v) is 7.45. The van der Waals surface area contributed by atoms with Gasteiger partial charge in [0.15, 0.2) is 0 Å². The number of aliphatic hydroxyl groups is 1. The van der Waals surface area contributed by atoms with Crippen LogP contribution in [0.25, 0.3) is 5.57 Å². The van der Waals surface area contributed by atoms with Crippen LogP contribution in [0.3, 0.4) is 0 Å². The van der Waals surface area contributed by atoms with Gasteiger partial charge >= 0.3 is 0 Å². The normalized spacial score (nSPS) is 24.4. The SMILES string of the molecule is Cc1cc(C2=CC(C)(C)CC(C)(C)C2CO)ccc1F. The van der Waals surface area contributed by atoms with E-state index in [2.05, 4.69) is 33.8 Å². The monoisotopic (exact) mass is 276 g/mol. The van der Waals surface area contributed by atoms with Crippen molar-refractivity contribution in [2.45, 2.75) is 41.0 Å². The summed E-state index contributed by atoms with van der Waals surface area (Å²) in [5.41, 5.74) is 2.96. The van der Waals surface area contributed by atoms with Crippen molar-refractivity contribution in [3.63, 3.8) is 0 Å². The van der Waals surface area contributed by atoms with E-state index in [0.29, 0.717) is 5.56 Å². The van der Waals surface area contributed by atoms with Gasteiger partial charge in [-0.1, -0.05) is 39.8 Å². The molecule has 0 amide bonds. The highest BCUT2D eigenvalue weighted by Crippen LogP contribution is 2.51. The van der Waals surface area contributed by atoms with E-state index >= 15 is 0 Å². The average molecular weight is 276 g/mol. The number of aryl methyl sites for hydroxylation is 1. The molecular weight excluding hydrogens is 251 g/mol. The Morgan fingerprint density at radius 3 is 2.45 bits per heavy atom. The summed E-state index contributed by atoms with van der Waals surface area (Å²) in [7, 11) is 0. The van der Waals surface area contributed by atoms with Crippen molar-refractivity contribution < 1.29 is 9.50 Å². The summed E-state index contributed by atoms with van der Waals surface area (Å²) in [6, 6.07) is 5.24. The van der Waals surface area contributed by atoms with Gasteiger partial charge in [0.1, 0.15) is 5.82 Å². The molecule has 1 N–H and O–H groups in total. The second-order valence-electron chi connectivity index (χ2n) is 7.45. The molecule has 1 atom stereocenters. The molecule has 0 spiro atoms. The quantitative estimate of drug-likeness (QED) is 0.838. The molecule has 2 rings (SSSR count). The Bertz CT molecular complexity index is 540. The number of hydrogen-bond donors (Lipinski definition) is 1. The molecule has 0 aromatic heterocycles. The number of halogens is 1. The lowest BCUT2D eigenvalue weighted by Gasteiger charge is -2.45. The van der Waals surface area contributed by atoms with Crippen LogP contribution in [0, 0.1) is 29.5 Å². The zero-order valence-corrected chi connectivity index (χ0v) is 13.1. The predicted octanol–water partition coefficient (Wildman–Crippen LogP) is 4.58. The Morgan fingerprint density at radius 1 is 1.25 bits per heavy atom. The van der Waals surface area contributed by atoms with Gasteiger partial charge in [0.2, 0.25) is 0 Å². The van der Waals surface area contributed by atoms with Gasteiger partial charge in [-0.25, -0.2) is 4.39 Å². The number of benzene rings is 1. The maximum Gasteiger partial charge on any atom is 0.126 e. The van der Waals surface area contributed by atoms with Crippen LogP contribution < -0.4 is 0 Å². The Kier molecular flexibility index (Phi) is 3.81. The van der Waals surface area contributed by atoms with Crippen LogP contribution in [-0.2, 0) is 0 Å². The first kappa shape index (κ1) is 15.2. The largest absolute Gasteiger partial charge is 0.396 e. The summed E-state index contributed by atoms with van der Waals surface area (Å²) in [5, 5.41) is 9.84. The molecule has 1 aliphatic rings. The molecule has 110 valence electrons. The summed E-state index contributed by atoms with van der Waals surface area (Å²) in [5.74, 6) is -0.0791. The van der Waals surface area contributed by atoms with Crippen molar-refractivity contribution in [1.82, 2.24) is 0 Å². The van der Waals surface area contributed by atoms with Gasteiger partial charge in [-0.2, -0.15) is 0 Å². The van der Waals surface area contributed by atoms with Gasteiger partial charge in [0, 0.05) is 5.92 Å². The van der Waals surface area contributed by atoms with Gasteiger partial charge in [0.05, 0.1) is 6.61 Å². The highest BCUT2D eigenvalue weighted by atomic mass is 19.1. The van der Waals surface area contributed by atoms with E-state index in [9.17, 15) is 9.50 Å². The Morgan fingerprint density at radius 2 is 1.90 bits per heavy atom. The topological polar surface area (TPSA) is 20.2 Å². The molecule has 0 heterocycles. The van der Waals surface area contributed by atoms with Gasteiger partial charge < -0.3 is 5.11 Å². The third kappa shape index (κ3) is 2.80. The number of aliphatic hydroxyl groups excluding tert-OH is 1. The molecule has 1 aliphatic carbocycles. The highest BCUT2D eigenvalue weighted by molar-refractivity contribution is 5.70. The Balaban J connectivity index is 2.55. The van der Waals surface area contributed by atoms with Crippen LogP contribution in [0.1, 0.15) is 45.2 Å². The number of hydrogen-bond acceptors (Lipinski definition) is 1. The van der Waals surface area contributed by atoms with E-state index < -0.39 is 0 Å². The van der Waals surface area contributed by atoms with Crippen molar-refractivity contribution >= 4 is 5.57 Å². The zero-order valence-electron chi connectivity index (χ0n) is 13.1. The van der Waals surface area contributed by atoms with Crippen LogP contribution in [0.2, 0.25) is 0 Å². The average Bonchev–Trinajstić information content (AvgIpc) is 2.29. The minimum Gasteiger partial charge on any atom is -0.396 e. The van der Waals surface area contributed by atoms with E-state index in [0.717, 1.165) is 17.6 Å². The third-order valence-electron chi connectivity index (χ3n) is 4.45. The van der Waals surface area contributed by atoms with E-state index in [1.807, 2.05) is 12.1 Å². The smallest absolute Gasteiger partial charge is 0.126 e. The fraction of sp³-hybridized carbons (Fsp3) is 0.556. The molecule has 1 nitrogen and oxygen atoms in total. The third-order valence-corrected chi connectivity index (χ3v) is 4.45. The van der Waals surface area contributed by atoms with Gasteiger partial charge in [-0.05, 0) is 53.0 Å². The molecule has 0 aliphatic heterocycles. The van der Waals surface area contributed by atoms with Crippen LogP contribution in [0.5, 0.6) is 0 Å². The second kappa shape index (κ2) is 5.00. The lowest BCUT2D eigenvalue weighted by atomic mass is 9.60. The van der Waals surface area contributed by atoms with Crippen LogP contribution in [0.15, 0.2) is 24.3 Å². The summed E-state index contributed by atoms with van der Waals surface area (Å²) < 4.78 is 13.5. The van der Waals surface area contributed by atoms with E-state index in [1.165, 1.54) is 6.07 Å². The maximum absolute atomic E-state index is 13.5. The van der Waals surface area contributed by atoms with Crippen molar-refractivity contribution in [3.05, 3.63) is 41.2 Å². The molecule has 0 radical (unpaired) electrons. The standard InChI is InChI=1S/C18H25FO/c1-12-8-13(6-7-16(12)19)14-9-17(2,3)11-18(4,5)15(14)10-20/h6-9,15,20H,10-11H2,1-5H3. The molecule has 0 bridgehead atoms. The fourth-order valence-corrected chi connectivity index (χ4v) is 3.75. The molecule has 0 saturated heterocycles. The molecule has 2 heteroatoms. The first-order valence-corrected chi connectivity index (χ1v) is 7.26. The van der Waals surface area contributed by atoms with Crippen molar-refractivity contribution in [3.8, 4) is 0 Å². The van der Waals surface area contributed by atoms with Crippen molar-refractivity contribution in [2.75, 3.05) is 6.61 Å². The minimum absolute atomic E-state index is 0.0324. The first-order chi connectivity index (χ1) is 9.16. The first-order valence-electron chi connectivity index (χ1n) is 7.26. The molecule has 20 heavy (non-hydrogen) atoms. The molecule has 0 saturated carbocycles. The van der Waals surface area contributed by atoms with E-state index in [4.69, 9.17) is 0 Å². The molecule has 1 aromatic rings. The lowest BCUT2D eigenvalue weighted by Crippen LogP contribution is -2.37.